The van der Waals surface area contributed by atoms with Gasteiger partial charge in [0.25, 0.3) is 11.6 Å². The van der Waals surface area contributed by atoms with Gasteiger partial charge in [-0.1, -0.05) is 0 Å². The zero-order valence-electron chi connectivity index (χ0n) is 6.33. The molecule has 0 atom stereocenters. The highest BCUT2D eigenvalue weighted by Crippen LogP contribution is 2.15. The SMILES string of the molecule is COc1nc2ccsc2c(=O)[nH]1. The van der Waals surface area contributed by atoms with Crippen molar-refractivity contribution in [1.82, 2.24) is 9.97 Å². The van der Waals surface area contributed by atoms with Crippen molar-refractivity contribution in [3.63, 3.8) is 0 Å². The number of hydrogen-bond acceptors (Lipinski definition) is 4. The van der Waals surface area contributed by atoms with Crippen LogP contribution < -0.4 is 10.3 Å². The Morgan fingerprint density at radius 2 is 2.50 bits per heavy atom. The van der Waals surface area contributed by atoms with Crippen LogP contribution >= 0.6 is 11.3 Å². The third-order valence-corrected chi connectivity index (χ3v) is 2.39. The molecule has 4 nitrogen and oxygen atoms in total. The molecule has 5 heteroatoms. The van der Waals surface area contributed by atoms with Crippen LogP contribution in [0.4, 0.5) is 0 Å². The highest BCUT2D eigenvalue weighted by atomic mass is 32.1. The van der Waals surface area contributed by atoms with Gasteiger partial charge in [-0.15, -0.1) is 11.3 Å². The van der Waals surface area contributed by atoms with E-state index in [9.17, 15) is 4.79 Å². The molecule has 0 saturated carbocycles. The fraction of sp³-hybridized carbons (Fsp3) is 0.143. The zero-order chi connectivity index (χ0) is 8.55. The molecule has 2 rings (SSSR count). The highest BCUT2D eigenvalue weighted by Gasteiger charge is 2.03. The van der Waals surface area contributed by atoms with Gasteiger partial charge in [-0.3, -0.25) is 9.78 Å². The Balaban J connectivity index is 2.84. The molecule has 0 aliphatic rings. The molecular weight excluding hydrogens is 176 g/mol. The Labute approximate surface area is 71.8 Å². The van der Waals surface area contributed by atoms with Crippen LogP contribution in [-0.2, 0) is 0 Å². The second-order valence-corrected chi connectivity index (χ2v) is 3.13. The van der Waals surface area contributed by atoms with Crippen molar-refractivity contribution < 1.29 is 4.74 Å². The number of fused-ring (bicyclic) bond motifs is 1. The molecule has 0 fully saturated rings. The summed E-state index contributed by atoms with van der Waals surface area (Å²) in [6, 6.07) is 2.04. The van der Waals surface area contributed by atoms with Crippen molar-refractivity contribution >= 4 is 21.6 Å². The number of methoxy groups -OCH3 is 1. The summed E-state index contributed by atoms with van der Waals surface area (Å²) in [7, 11) is 1.47. The average Bonchev–Trinajstić information content (AvgIpc) is 2.52. The molecule has 0 bridgehead atoms. The number of aromatic amines is 1. The maximum atomic E-state index is 11.3. The average molecular weight is 182 g/mol. The molecule has 0 unspecified atom stereocenters. The number of nitrogens with zero attached hydrogens (tertiary/aromatic N) is 1. The lowest BCUT2D eigenvalue weighted by atomic mass is 10.5. The third-order valence-electron chi connectivity index (χ3n) is 1.49. The first-order chi connectivity index (χ1) is 5.81. The number of nitrogens with one attached hydrogen (secondary N) is 1. The summed E-state index contributed by atoms with van der Waals surface area (Å²) in [5.41, 5.74) is 0.535. The molecule has 0 aliphatic heterocycles. The Hall–Kier alpha value is -1.36. The minimum atomic E-state index is -0.146. The van der Waals surface area contributed by atoms with E-state index < -0.39 is 0 Å². The van der Waals surface area contributed by atoms with Crippen LogP contribution in [0.25, 0.3) is 10.2 Å². The maximum Gasteiger partial charge on any atom is 0.296 e. The normalized spacial score (nSPS) is 10.4. The van der Waals surface area contributed by atoms with Crippen molar-refractivity contribution in [2.24, 2.45) is 0 Å². The number of ether oxygens (including phenoxy) is 1. The van der Waals surface area contributed by atoms with Crippen molar-refractivity contribution in [3.05, 3.63) is 21.8 Å². The monoisotopic (exact) mass is 182 g/mol. The Morgan fingerprint density at radius 3 is 3.25 bits per heavy atom. The first-order valence-electron chi connectivity index (χ1n) is 3.33. The number of aromatic nitrogens is 2. The van der Waals surface area contributed by atoms with Gasteiger partial charge in [-0.25, -0.2) is 0 Å². The van der Waals surface area contributed by atoms with Gasteiger partial charge in [0.15, 0.2) is 0 Å². The Kier molecular flexibility index (Phi) is 1.58. The van der Waals surface area contributed by atoms with Crippen LogP contribution in [0, 0.1) is 0 Å². The first-order valence-corrected chi connectivity index (χ1v) is 4.21. The van der Waals surface area contributed by atoms with Crippen molar-refractivity contribution in [3.8, 4) is 6.01 Å². The lowest BCUT2D eigenvalue weighted by Crippen LogP contribution is -2.07. The Bertz CT molecular complexity index is 460. The predicted octanol–water partition coefficient (Wildman–Crippen LogP) is 0.993. The van der Waals surface area contributed by atoms with Crippen LogP contribution in [0.1, 0.15) is 0 Å². The lowest BCUT2D eigenvalue weighted by molar-refractivity contribution is 0.380. The fourth-order valence-corrected chi connectivity index (χ4v) is 1.67. The summed E-state index contributed by atoms with van der Waals surface area (Å²) >= 11 is 1.37. The molecular formula is C7H6N2O2S. The van der Waals surface area contributed by atoms with Crippen LogP contribution in [0.5, 0.6) is 6.01 Å². The summed E-state index contributed by atoms with van der Waals surface area (Å²) in [5.74, 6) is 0. The fourth-order valence-electron chi connectivity index (χ4n) is 0.948. The molecule has 0 spiro atoms. The highest BCUT2D eigenvalue weighted by molar-refractivity contribution is 7.17. The minimum absolute atomic E-state index is 0.146. The van der Waals surface area contributed by atoms with Gasteiger partial charge in [0.05, 0.1) is 12.6 Å². The summed E-state index contributed by atoms with van der Waals surface area (Å²) in [6.07, 6.45) is 0. The summed E-state index contributed by atoms with van der Waals surface area (Å²) < 4.78 is 5.45. The molecule has 62 valence electrons. The molecule has 12 heavy (non-hydrogen) atoms. The standard InChI is InChI=1S/C7H6N2O2S/c1-11-7-8-4-2-3-12-5(4)6(10)9-7/h2-3H,1H3,(H,8,9,10). The molecule has 2 aromatic heterocycles. The second kappa shape index (κ2) is 2.60. The maximum absolute atomic E-state index is 11.3. The Morgan fingerprint density at radius 1 is 1.67 bits per heavy atom. The number of H-pyrrole nitrogens is 1. The van der Waals surface area contributed by atoms with Crippen LogP contribution in [-0.4, -0.2) is 17.1 Å². The second-order valence-electron chi connectivity index (χ2n) is 2.21. The van der Waals surface area contributed by atoms with E-state index in [1.807, 2.05) is 5.38 Å². The quantitative estimate of drug-likeness (QED) is 0.715. The van der Waals surface area contributed by atoms with E-state index >= 15 is 0 Å². The largest absolute Gasteiger partial charge is 0.468 e. The topological polar surface area (TPSA) is 55.0 Å². The smallest absolute Gasteiger partial charge is 0.296 e. The van der Waals surface area contributed by atoms with Gasteiger partial charge in [0.1, 0.15) is 4.70 Å². The number of hydrogen-bond donors (Lipinski definition) is 1. The van der Waals surface area contributed by atoms with Gasteiger partial charge in [-0.05, 0) is 11.4 Å². The van der Waals surface area contributed by atoms with E-state index in [1.54, 1.807) is 6.07 Å². The van der Waals surface area contributed by atoms with Gasteiger partial charge in [0.2, 0.25) is 0 Å². The molecule has 2 aromatic rings. The molecule has 0 aliphatic carbocycles. The lowest BCUT2D eigenvalue weighted by Gasteiger charge is -1.95. The van der Waals surface area contributed by atoms with E-state index in [0.717, 1.165) is 0 Å². The van der Waals surface area contributed by atoms with Crippen molar-refractivity contribution in [2.75, 3.05) is 7.11 Å². The molecule has 0 aromatic carbocycles. The molecule has 0 amide bonds. The molecule has 0 saturated heterocycles. The molecule has 0 radical (unpaired) electrons. The van der Waals surface area contributed by atoms with E-state index in [-0.39, 0.29) is 11.6 Å². The van der Waals surface area contributed by atoms with Crippen molar-refractivity contribution in [1.29, 1.82) is 0 Å². The number of rotatable bonds is 1. The summed E-state index contributed by atoms with van der Waals surface area (Å²) in [5, 5.41) is 1.83. The molecule has 1 N–H and O–H groups in total. The summed E-state index contributed by atoms with van der Waals surface area (Å²) in [6.45, 7) is 0. The minimum Gasteiger partial charge on any atom is -0.468 e. The third kappa shape index (κ3) is 0.984. The van der Waals surface area contributed by atoms with E-state index in [1.165, 1.54) is 18.4 Å². The van der Waals surface area contributed by atoms with Crippen LogP contribution in [0.3, 0.4) is 0 Å². The summed E-state index contributed by atoms with van der Waals surface area (Å²) in [4.78, 5) is 17.8. The van der Waals surface area contributed by atoms with E-state index in [2.05, 4.69) is 9.97 Å². The van der Waals surface area contributed by atoms with Crippen LogP contribution in [0.2, 0.25) is 0 Å². The van der Waals surface area contributed by atoms with Crippen molar-refractivity contribution in [2.45, 2.75) is 0 Å². The van der Waals surface area contributed by atoms with Gasteiger partial charge in [0, 0.05) is 0 Å². The van der Waals surface area contributed by atoms with Gasteiger partial charge < -0.3 is 4.74 Å². The van der Waals surface area contributed by atoms with Crippen LogP contribution in [0.15, 0.2) is 16.2 Å². The van der Waals surface area contributed by atoms with E-state index in [0.29, 0.717) is 10.2 Å². The number of thiophene rings is 1. The zero-order valence-corrected chi connectivity index (χ0v) is 7.14. The van der Waals surface area contributed by atoms with Gasteiger partial charge >= 0.3 is 0 Å². The predicted molar refractivity (Wildman–Crippen MR) is 46.8 cm³/mol. The van der Waals surface area contributed by atoms with Gasteiger partial charge in [-0.2, -0.15) is 4.98 Å². The first kappa shape index (κ1) is 7.30. The van der Waals surface area contributed by atoms with E-state index in [4.69, 9.17) is 4.74 Å². The molecule has 2 heterocycles.